The van der Waals surface area contributed by atoms with Gasteiger partial charge in [-0.15, -0.1) is 0 Å². The minimum Gasteiger partial charge on any atom is -0.508 e. The van der Waals surface area contributed by atoms with Gasteiger partial charge in [0, 0.05) is 6.08 Å². The number of benzene rings is 2. The molecule has 0 radical (unpaired) electrons. The van der Waals surface area contributed by atoms with Crippen LogP contribution in [0.3, 0.4) is 0 Å². The summed E-state index contributed by atoms with van der Waals surface area (Å²) in [6.45, 7) is -1.17. The first kappa shape index (κ1) is 31.4. The third kappa shape index (κ3) is 7.27. The van der Waals surface area contributed by atoms with E-state index in [1.165, 1.54) is 48.5 Å². The number of rotatable bonds is 9. The molecule has 230 valence electrons. The first-order valence-electron chi connectivity index (χ1n) is 12.8. The van der Waals surface area contributed by atoms with Crippen molar-refractivity contribution in [1.29, 1.82) is 0 Å². The van der Waals surface area contributed by atoms with Crippen LogP contribution in [0, 0.1) is 0 Å². The molecule has 0 bridgehead atoms. The quantitative estimate of drug-likeness (QED) is 0.109. The van der Waals surface area contributed by atoms with E-state index >= 15 is 0 Å². The molecule has 0 spiro atoms. The third-order valence-corrected chi connectivity index (χ3v) is 6.63. The molecule has 42 heavy (non-hydrogen) atoms. The molecule has 2 saturated heterocycles. The molecule has 15 heteroatoms. The topological polar surface area (TPSA) is 245 Å². The molecule has 0 saturated carbocycles. The maximum atomic E-state index is 12.3. The van der Waals surface area contributed by atoms with E-state index in [2.05, 4.69) is 0 Å². The van der Waals surface area contributed by atoms with Crippen LogP contribution in [0.5, 0.6) is 23.0 Å². The Morgan fingerprint density at radius 3 is 1.98 bits per heavy atom. The zero-order valence-electron chi connectivity index (χ0n) is 21.9. The van der Waals surface area contributed by atoms with Crippen molar-refractivity contribution in [3.63, 3.8) is 0 Å². The molecule has 0 aliphatic carbocycles. The van der Waals surface area contributed by atoms with E-state index < -0.39 is 86.3 Å². The fourth-order valence-electron chi connectivity index (χ4n) is 4.21. The van der Waals surface area contributed by atoms with Crippen LogP contribution in [0.1, 0.15) is 5.56 Å². The Hall–Kier alpha value is -3.51. The first-order chi connectivity index (χ1) is 20.0. The largest absolute Gasteiger partial charge is 0.508 e. The molecule has 15 nitrogen and oxygen atoms in total. The predicted molar refractivity (Wildman–Crippen MR) is 138 cm³/mol. The molecule has 0 amide bonds. The van der Waals surface area contributed by atoms with Crippen molar-refractivity contribution >= 4 is 12.0 Å². The number of aliphatic hydroxyl groups is 7. The molecule has 0 aromatic heterocycles. The van der Waals surface area contributed by atoms with E-state index in [1.54, 1.807) is 0 Å². The average Bonchev–Trinajstić information content (AvgIpc) is 2.98. The monoisotopic (exact) mass is 596 g/mol. The molecule has 2 heterocycles. The van der Waals surface area contributed by atoms with Crippen LogP contribution in [-0.4, -0.2) is 127 Å². The van der Waals surface area contributed by atoms with Gasteiger partial charge in [0.2, 0.25) is 12.6 Å². The zero-order chi connectivity index (χ0) is 30.6. The molecular weight excluding hydrogens is 564 g/mol. The van der Waals surface area contributed by atoms with Crippen molar-refractivity contribution in [2.45, 2.75) is 61.4 Å². The lowest BCUT2D eigenvalue weighted by molar-refractivity contribution is -0.278. The molecule has 9 N–H and O–H groups in total. The van der Waals surface area contributed by atoms with Gasteiger partial charge in [-0.2, -0.15) is 0 Å². The van der Waals surface area contributed by atoms with Gasteiger partial charge in [0.25, 0.3) is 0 Å². The first-order valence-corrected chi connectivity index (χ1v) is 12.8. The molecule has 2 aliphatic rings. The number of hydrogen-bond donors (Lipinski definition) is 9. The van der Waals surface area contributed by atoms with E-state index in [4.69, 9.17) is 23.7 Å². The summed E-state index contributed by atoms with van der Waals surface area (Å²) in [4.78, 5) is 12.3. The molecule has 4 rings (SSSR count). The Morgan fingerprint density at radius 2 is 1.36 bits per heavy atom. The second-order valence-electron chi connectivity index (χ2n) is 9.63. The van der Waals surface area contributed by atoms with Crippen LogP contribution in [0.2, 0.25) is 0 Å². The van der Waals surface area contributed by atoms with E-state index in [1.807, 2.05) is 0 Å². The van der Waals surface area contributed by atoms with Crippen LogP contribution in [0.15, 0.2) is 48.5 Å². The Kier molecular flexibility index (Phi) is 10.2. The lowest BCUT2D eigenvalue weighted by Gasteiger charge is -2.39. The van der Waals surface area contributed by atoms with Crippen LogP contribution in [0.25, 0.3) is 6.08 Å². The number of aliphatic hydroxyl groups excluding tert-OH is 7. The highest BCUT2D eigenvalue weighted by atomic mass is 16.7. The minimum atomic E-state index is -1.68. The van der Waals surface area contributed by atoms with E-state index in [9.17, 15) is 50.8 Å². The standard InChI is InChI=1S/C27H32O15/c28-10-17-20(32)22(34)25(37)27(41-17)40-16-7-1-12(9-15(16)30)2-8-19(31)38-11-18-21(33)23(35)24(36)26(42-18)39-14-5-3-13(29)4-6-14/h1-9,17-18,20-30,32-37H,10-11H2. The summed E-state index contributed by atoms with van der Waals surface area (Å²) in [5, 5.41) is 89.5. The van der Waals surface area contributed by atoms with Gasteiger partial charge in [-0.3, -0.25) is 0 Å². The van der Waals surface area contributed by atoms with Crippen molar-refractivity contribution < 1.29 is 74.4 Å². The summed E-state index contributed by atoms with van der Waals surface area (Å²) < 4.78 is 26.7. The lowest BCUT2D eigenvalue weighted by atomic mass is 9.99. The van der Waals surface area contributed by atoms with Gasteiger partial charge in [-0.25, -0.2) is 4.79 Å². The fourth-order valence-corrected chi connectivity index (χ4v) is 4.21. The number of phenols is 2. The molecule has 2 aromatic carbocycles. The third-order valence-electron chi connectivity index (χ3n) is 6.63. The summed E-state index contributed by atoms with van der Waals surface area (Å²) in [5.41, 5.74) is 0.320. The minimum absolute atomic E-state index is 0.0201. The molecule has 10 unspecified atom stereocenters. The van der Waals surface area contributed by atoms with E-state index in [-0.39, 0.29) is 17.2 Å². The van der Waals surface area contributed by atoms with Gasteiger partial charge in [-0.05, 0) is 48.0 Å². The smallest absolute Gasteiger partial charge is 0.330 e. The molecular formula is C27H32O15. The van der Waals surface area contributed by atoms with Crippen LogP contribution < -0.4 is 9.47 Å². The van der Waals surface area contributed by atoms with Crippen molar-refractivity contribution in [3.05, 3.63) is 54.1 Å². The van der Waals surface area contributed by atoms with Crippen LogP contribution in [0.4, 0.5) is 0 Å². The SMILES string of the molecule is O=C(C=Cc1ccc(OC2OC(CO)C(O)C(O)C2O)c(O)c1)OCC1OC(Oc2ccc(O)cc2)C(O)C(O)C1O. The molecule has 2 aromatic rings. The number of carbonyl (C=O) groups is 1. The number of aromatic hydroxyl groups is 2. The predicted octanol–water partition coefficient (Wildman–Crippen LogP) is -2.28. The average molecular weight is 597 g/mol. The summed E-state index contributed by atoms with van der Waals surface area (Å²) in [6.07, 6.45) is -12.9. The maximum absolute atomic E-state index is 12.3. The van der Waals surface area contributed by atoms with Gasteiger partial charge in [-0.1, -0.05) is 6.07 Å². The van der Waals surface area contributed by atoms with Gasteiger partial charge in [0.15, 0.2) is 11.5 Å². The normalized spacial score (nSPS) is 33.3. The lowest BCUT2D eigenvalue weighted by Crippen LogP contribution is -2.60. The van der Waals surface area contributed by atoms with E-state index in [0.717, 1.165) is 6.08 Å². The summed E-state index contributed by atoms with van der Waals surface area (Å²) in [6, 6.07) is 9.39. The van der Waals surface area contributed by atoms with E-state index in [0.29, 0.717) is 5.56 Å². The Bertz CT molecular complexity index is 1220. The van der Waals surface area contributed by atoms with Gasteiger partial charge in [0.05, 0.1) is 6.61 Å². The van der Waals surface area contributed by atoms with Crippen LogP contribution in [-0.2, 0) is 19.0 Å². The van der Waals surface area contributed by atoms with Crippen molar-refractivity contribution in [1.82, 2.24) is 0 Å². The summed E-state index contributed by atoms with van der Waals surface area (Å²) in [7, 11) is 0. The fraction of sp³-hybridized carbons (Fsp3) is 0.444. The number of hydrogen-bond acceptors (Lipinski definition) is 15. The second-order valence-corrected chi connectivity index (χ2v) is 9.63. The molecule has 2 fully saturated rings. The van der Waals surface area contributed by atoms with Gasteiger partial charge in [0.1, 0.15) is 66.9 Å². The highest BCUT2D eigenvalue weighted by molar-refractivity contribution is 5.87. The van der Waals surface area contributed by atoms with Crippen molar-refractivity contribution in [2.24, 2.45) is 0 Å². The maximum Gasteiger partial charge on any atom is 0.330 e. The number of ether oxygens (including phenoxy) is 5. The van der Waals surface area contributed by atoms with Gasteiger partial charge >= 0.3 is 5.97 Å². The highest BCUT2D eigenvalue weighted by Gasteiger charge is 2.46. The van der Waals surface area contributed by atoms with Crippen molar-refractivity contribution in [2.75, 3.05) is 13.2 Å². The number of phenolic OH excluding ortho intramolecular Hbond substituents is 2. The van der Waals surface area contributed by atoms with Crippen molar-refractivity contribution in [3.8, 4) is 23.0 Å². The zero-order valence-corrected chi connectivity index (χ0v) is 21.9. The highest BCUT2D eigenvalue weighted by Crippen LogP contribution is 2.32. The molecule has 2 aliphatic heterocycles. The summed E-state index contributed by atoms with van der Waals surface area (Å²) >= 11 is 0. The Morgan fingerprint density at radius 1 is 0.762 bits per heavy atom. The number of esters is 1. The second kappa shape index (κ2) is 13.6. The summed E-state index contributed by atoms with van der Waals surface area (Å²) in [5.74, 6) is -1.27. The van der Waals surface area contributed by atoms with Crippen LogP contribution >= 0.6 is 0 Å². The number of carbonyl (C=O) groups excluding carboxylic acids is 1. The van der Waals surface area contributed by atoms with Gasteiger partial charge < -0.3 is 69.6 Å². The Labute approximate surface area is 238 Å². The molecule has 10 atom stereocenters. The Balaban J connectivity index is 1.31.